The number of thiocarbonyl (C=S) groups is 1. The van der Waals surface area contributed by atoms with Crippen LogP contribution in [0.4, 0.5) is 0 Å². The Morgan fingerprint density at radius 2 is 2.33 bits per heavy atom. The molecule has 0 aromatic rings. The van der Waals surface area contributed by atoms with E-state index < -0.39 is 0 Å². The molecule has 51 valence electrons. The lowest BCUT2D eigenvalue weighted by molar-refractivity contribution is -0.117. The second-order valence-corrected chi connectivity index (χ2v) is 3.46. The first-order chi connectivity index (χ1) is 4.04. The minimum Gasteiger partial charge on any atom is -0.320 e. The number of hydrogen-bond acceptors (Lipinski definition) is 2. The van der Waals surface area contributed by atoms with E-state index in [0.29, 0.717) is 4.99 Å². The summed E-state index contributed by atoms with van der Waals surface area (Å²) in [6.45, 7) is 5.04. The van der Waals surface area contributed by atoms with Gasteiger partial charge >= 0.3 is 0 Å². The Hall–Kier alpha value is 0.290. The summed E-state index contributed by atoms with van der Waals surface area (Å²) in [6, 6.07) is 0. The standard InChI is InChI=1S/C5H7INOS/c1-3(6)5(9)7-4(2)8/h3H,1H2,2H3,(H,7,8,9). The zero-order valence-electron chi connectivity index (χ0n) is 4.98. The molecule has 0 bridgehead atoms. The van der Waals surface area contributed by atoms with Crippen LogP contribution < -0.4 is 5.32 Å². The first kappa shape index (κ1) is 9.29. The molecule has 4 heteroatoms. The number of halogens is 1. The molecule has 1 radical (unpaired) electrons. The number of alkyl halides is 1. The summed E-state index contributed by atoms with van der Waals surface area (Å²) in [4.78, 5) is 10.8. The summed E-state index contributed by atoms with van der Waals surface area (Å²) >= 11 is 6.79. The molecule has 0 aliphatic heterocycles. The first-order valence-electron chi connectivity index (χ1n) is 2.32. The molecule has 1 unspecified atom stereocenters. The van der Waals surface area contributed by atoms with E-state index >= 15 is 0 Å². The van der Waals surface area contributed by atoms with Crippen LogP contribution in [0.1, 0.15) is 6.92 Å². The Bertz CT molecular complexity index is 135. The number of amides is 1. The van der Waals surface area contributed by atoms with Crippen LogP contribution in [0, 0.1) is 6.92 Å². The van der Waals surface area contributed by atoms with Gasteiger partial charge in [-0.25, -0.2) is 0 Å². The summed E-state index contributed by atoms with van der Waals surface area (Å²) in [5, 5.41) is 2.46. The second-order valence-electron chi connectivity index (χ2n) is 1.51. The topological polar surface area (TPSA) is 29.1 Å². The zero-order valence-corrected chi connectivity index (χ0v) is 7.95. The van der Waals surface area contributed by atoms with Crippen LogP contribution in [0.5, 0.6) is 0 Å². The highest BCUT2D eigenvalue weighted by Crippen LogP contribution is 1.98. The fourth-order valence-electron chi connectivity index (χ4n) is 0.252. The van der Waals surface area contributed by atoms with Crippen molar-refractivity contribution in [2.75, 3.05) is 0 Å². The molecule has 0 heterocycles. The minimum atomic E-state index is -0.134. The van der Waals surface area contributed by atoms with Crippen molar-refractivity contribution < 1.29 is 4.79 Å². The molecule has 0 spiro atoms. The average molecular weight is 256 g/mol. The van der Waals surface area contributed by atoms with Crippen molar-refractivity contribution in [3.05, 3.63) is 6.92 Å². The van der Waals surface area contributed by atoms with Gasteiger partial charge in [-0.3, -0.25) is 4.79 Å². The third kappa shape index (κ3) is 4.77. The van der Waals surface area contributed by atoms with Gasteiger partial charge in [0, 0.05) is 6.92 Å². The summed E-state index contributed by atoms with van der Waals surface area (Å²) in [5.41, 5.74) is 0. The Morgan fingerprint density at radius 3 is 2.44 bits per heavy atom. The van der Waals surface area contributed by atoms with Gasteiger partial charge in [0.05, 0.1) is 8.91 Å². The van der Waals surface area contributed by atoms with Crippen molar-refractivity contribution in [2.45, 2.75) is 10.8 Å². The number of hydrogen-bond donors (Lipinski definition) is 1. The molecule has 2 nitrogen and oxygen atoms in total. The molecule has 0 fully saturated rings. The van der Waals surface area contributed by atoms with E-state index in [4.69, 9.17) is 12.2 Å². The highest BCUT2D eigenvalue weighted by atomic mass is 127. The Labute approximate surface area is 73.5 Å². The van der Waals surface area contributed by atoms with Gasteiger partial charge in [0.2, 0.25) is 5.91 Å². The van der Waals surface area contributed by atoms with Crippen molar-refractivity contribution in [1.82, 2.24) is 5.32 Å². The highest BCUT2D eigenvalue weighted by molar-refractivity contribution is 14.1. The minimum absolute atomic E-state index is 0.0264. The van der Waals surface area contributed by atoms with Crippen LogP contribution in [0.2, 0.25) is 0 Å². The van der Waals surface area contributed by atoms with E-state index in [1.165, 1.54) is 6.92 Å². The Balaban J connectivity index is 3.64. The predicted molar refractivity (Wildman–Crippen MR) is 49.6 cm³/mol. The van der Waals surface area contributed by atoms with E-state index in [-0.39, 0.29) is 9.83 Å². The van der Waals surface area contributed by atoms with Gasteiger partial charge in [0.15, 0.2) is 0 Å². The molecule has 0 saturated heterocycles. The Morgan fingerprint density at radius 1 is 1.89 bits per heavy atom. The Kier molecular flexibility index (Phi) is 4.29. The van der Waals surface area contributed by atoms with Crippen LogP contribution in [0.25, 0.3) is 0 Å². The average Bonchev–Trinajstić information content (AvgIpc) is 1.63. The van der Waals surface area contributed by atoms with E-state index in [9.17, 15) is 4.79 Å². The smallest absolute Gasteiger partial charge is 0.221 e. The largest absolute Gasteiger partial charge is 0.320 e. The van der Waals surface area contributed by atoms with Gasteiger partial charge < -0.3 is 5.32 Å². The fraction of sp³-hybridized carbons (Fsp3) is 0.400. The lowest BCUT2D eigenvalue weighted by atomic mass is 10.5. The maximum Gasteiger partial charge on any atom is 0.221 e. The molecular formula is C5H7INOS. The van der Waals surface area contributed by atoms with Crippen LogP contribution in [-0.2, 0) is 4.79 Å². The molecule has 0 saturated carbocycles. The molecule has 0 aliphatic carbocycles. The van der Waals surface area contributed by atoms with Crippen molar-refractivity contribution in [1.29, 1.82) is 0 Å². The first-order valence-corrected chi connectivity index (χ1v) is 3.98. The number of rotatable bonds is 1. The summed E-state index contributed by atoms with van der Waals surface area (Å²) < 4.78 is -0.0264. The maximum atomic E-state index is 10.3. The lowest BCUT2D eigenvalue weighted by Crippen LogP contribution is -2.31. The number of nitrogens with one attached hydrogen (secondary N) is 1. The van der Waals surface area contributed by atoms with Crippen LogP contribution in [-0.4, -0.2) is 14.8 Å². The number of carbonyl (C=O) groups excluding carboxylic acids is 1. The SMILES string of the molecule is [CH2]C(I)C(=S)NC(C)=O. The molecule has 0 aliphatic rings. The van der Waals surface area contributed by atoms with Gasteiger partial charge in [0.25, 0.3) is 0 Å². The van der Waals surface area contributed by atoms with E-state index in [1.807, 2.05) is 22.6 Å². The molecule has 0 rings (SSSR count). The molecule has 0 aromatic heterocycles. The molecule has 1 amide bonds. The zero-order chi connectivity index (χ0) is 7.44. The number of carbonyl (C=O) groups is 1. The van der Waals surface area contributed by atoms with Crippen molar-refractivity contribution in [3.8, 4) is 0 Å². The lowest BCUT2D eigenvalue weighted by Gasteiger charge is -2.03. The quantitative estimate of drug-likeness (QED) is 0.432. The molecule has 9 heavy (non-hydrogen) atoms. The highest BCUT2D eigenvalue weighted by Gasteiger charge is 2.03. The maximum absolute atomic E-state index is 10.3. The third-order valence-corrected chi connectivity index (χ3v) is 2.02. The summed E-state index contributed by atoms with van der Waals surface area (Å²) in [6.07, 6.45) is 0. The monoisotopic (exact) mass is 256 g/mol. The molecule has 0 aromatic carbocycles. The van der Waals surface area contributed by atoms with E-state index in [2.05, 4.69) is 12.2 Å². The van der Waals surface area contributed by atoms with Gasteiger partial charge in [-0.1, -0.05) is 34.8 Å². The van der Waals surface area contributed by atoms with Crippen molar-refractivity contribution in [3.63, 3.8) is 0 Å². The van der Waals surface area contributed by atoms with Crippen LogP contribution in [0.3, 0.4) is 0 Å². The van der Waals surface area contributed by atoms with Crippen LogP contribution in [0.15, 0.2) is 0 Å². The molecule has 1 N–H and O–H groups in total. The van der Waals surface area contributed by atoms with E-state index in [0.717, 1.165) is 0 Å². The predicted octanol–water partition coefficient (Wildman–Crippen LogP) is 1.09. The van der Waals surface area contributed by atoms with Gasteiger partial charge in [-0.2, -0.15) is 0 Å². The summed E-state index contributed by atoms with van der Waals surface area (Å²) in [7, 11) is 0. The normalized spacial score (nSPS) is 12.3. The fourth-order valence-corrected chi connectivity index (χ4v) is 0.551. The van der Waals surface area contributed by atoms with E-state index in [1.54, 1.807) is 0 Å². The third-order valence-electron chi connectivity index (χ3n) is 0.584. The van der Waals surface area contributed by atoms with Gasteiger partial charge in [-0.05, 0) is 6.92 Å². The second kappa shape index (κ2) is 4.16. The van der Waals surface area contributed by atoms with Crippen LogP contribution >= 0.6 is 34.8 Å². The molecular weight excluding hydrogens is 249 g/mol. The molecule has 1 atom stereocenters. The van der Waals surface area contributed by atoms with Crippen molar-refractivity contribution >= 4 is 45.7 Å². The van der Waals surface area contributed by atoms with Crippen molar-refractivity contribution in [2.24, 2.45) is 0 Å². The summed E-state index contributed by atoms with van der Waals surface area (Å²) in [5.74, 6) is -0.134. The van der Waals surface area contributed by atoms with Gasteiger partial charge in [0.1, 0.15) is 0 Å². The van der Waals surface area contributed by atoms with Gasteiger partial charge in [-0.15, -0.1) is 0 Å².